The summed E-state index contributed by atoms with van der Waals surface area (Å²) in [5, 5.41) is 9.81. The van der Waals surface area contributed by atoms with Crippen molar-refractivity contribution >= 4 is 60.3 Å². The zero-order chi connectivity index (χ0) is 30.9. The summed E-state index contributed by atoms with van der Waals surface area (Å²) in [6.45, 7) is 0. The van der Waals surface area contributed by atoms with Crippen LogP contribution < -0.4 is 0 Å². The third-order valence-electron chi connectivity index (χ3n) is 10.1. The lowest BCUT2D eigenvalue weighted by Crippen LogP contribution is -2.03. The molecule has 47 heavy (non-hydrogen) atoms. The summed E-state index contributed by atoms with van der Waals surface area (Å²) in [4.78, 5) is 0. The lowest BCUT2D eigenvalue weighted by Gasteiger charge is -2.25. The maximum absolute atomic E-state index is 6.66. The number of allylic oxidation sites excluding steroid dienone is 1. The van der Waals surface area contributed by atoms with Gasteiger partial charge >= 0.3 is 0 Å². The molecule has 1 aromatic heterocycles. The summed E-state index contributed by atoms with van der Waals surface area (Å²) in [6.07, 6.45) is 6.75. The standard InChI is InChI=1S/C46H30O/c1-2-13-29(14-3-1)32-27-31-16-5-6-17-33(31)41(28-32)44-37-21-10-8-19-35(37)43(36-20-9-11-22-38(36)44)39-23-12-24-42-45(39)40-26-25-30-15-4-7-18-34(30)46(40)47-42/h1-10,12-21,23-28H,11,22H2. The minimum atomic E-state index is 0.928. The maximum atomic E-state index is 6.66. The van der Waals surface area contributed by atoms with Crippen LogP contribution in [0.1, 0.15) is 17.5 Å². The Bertz CT molecular complexity index is 2720. The SMILES string of the molecule is C1=Cc2c(c(-c3cc(-c4ccccc4)cc4ccccc34)c3ccccc3c2-c2cccc3oc4c5ccccc5ccc4c23)CC1. The Hall–Kier alpha value is -5.92. The van der Waals surface area contributed by atoms with Crippen LogP contribution in [0.4, 0.5) is 0 Å². The third-order valence-corrected chi connectivity index (χ3v) is 10.1. The van der Waals surface area contributed by atoms with E-state index in [9.17, 15) is 0 Å². The normalized spacial score (nSPS) is 12.9. The van der Waals surface area contributed by atoms with Crippen LogP contribution >= 0.6 is 0 Å². The van der Waals surface area contributed by atoms with Crippen molar-refractivity contribution in [1.82, 2.24) is 0 Å². The first kappa shape index (κ1) is 26.3. The van der Waals surface area contributed by atoms with E-state index >= 15 is 0 Å². The molecule has 10 rings (SSSR count). The van der Waals surface area contributed by atoms with Gasteiger partial charge in [0.2, 0.25) is 0 Å². The lowest BCUT2D eigenvalue weighted by atomic mass is 9.78. The van der Waals surface area contributed by atoms with Crippen molar-refractivity contribution in [1.29, 1.82) is 0 Å². The molecule has 220 valence electrons. The van der Waals surface area contributed by atoms with E-state index in [4.69, 9.17) is 4.42 Å². The van der Waals surface area contributed by atoms with Gasteiger partial charge in [0, 0.05) is 16.2 Å². The van der Waals surface area contributed by atoms with Crippen LogP contribution in [-0.4, -0.2) is 0 Å². The highest BCUT2D eigenvalue weighted by atomic mass is 16.3. The quantitative estimate of drug-likeness (QED) is 0.197. The van der Waals surface area contributed by atoms with E-state index in [1.807, 2.05) is 0 Å². The molecule has 0 fully saturated rings. The summed E-state index contributed by atoms with van der Waals surface area (Å²) in [5.41, 5.74) is 12.3. The second kappa shape index (κ2) is 10.3. The van der Waals surface area contributed by atoms with E-state index in [0.29, 0.717) is 0 Å². The average molecular weight is 599 g/mol. The zero-order valence-corrected chi connectivity index (χ0v) is 25.8. The molecule has 9 aromatic rings. The van der Waals surface area contributed by atoms with Gasteiger partial charge in [-0.05, 0) is 109 Å². The molecule has 0 atom stereocenters. The van der Waals surface area contributed by atoms with Gasteiger partial charge in [0.05, 0.1) is 0 Å². The van der Waals surface area contributed by atoms with Crippen molar-refractivity contribution < 1.29 is 4.42 Å². The predicted molar refractivity (Wildman–Crippen MR) is 200 cm³/mol. The van der Waals surface area contributed by atoms with Gasteiger partial charge in [-0.15, -0.1) is 0 Å². The summed E-state index contributed by atoms with van der Waals surface area (Å²) in [7, 11) is 0. The monoisotopic (exact) mass is 598 g/mol. The number of hydrogen-bond donors (Lipinski definition) is 0. The van der Waals surface area contributed by atoms with Crippen LogP contribution in [-0.2, 0) is 6.42 Å². The molecule has 1 aliphatic carbocycles. The summed E-state index contributed by atoms with van der Waals surface area (Å²) in [6, 6.07) is 53.0. The highest BCUT2D eigenvalue weighted by Gasteiger charge is 2.25. The predicted octanol–water partition coefficient (Wildman–Crippen LogP) is 13.0. The van der Waals surface area contributed by atoms with Crippen molar-refractivity contribution in [2.75, 3.05) is 0 Å². The van der Waals surface area contributed by atoms with E-state index in [1.54, 1.807) is 0 Å². The fraction of sp³-hybridized carbons (Fsp3) is 0.0435. The van der Waals surface area contributed by atoms with Crippen LogP contribution in [0.2, 0.25) is 0 Å². The molecule has 1 nitrogen and oxygen atoms in total. The largest absolute Gasteiger partial charge is 0.455 e. The Morgan fingerprint density at radius 1 is 0.468 bits per heavy atom. The molecule has 1 aliphatic rings. The molecule has 1 heterocycles. The minimum Gasteiger partial charge on any atom is -0.455 e. The molecule has 0 saturated heterocycles. The molecule has 0 amide bonds. The number of hydrogen-bond acceptors (Lipinski definition) is 1. The molecular formula is C46H30O. The van der Waals surface area contributed by atoms with E-state index in [1.165, 1.54) is 76.8 Å². The molecule has 0 spiro atoms. The molecular weight excluding hydrogens is 569 g/mol. The summed E-state index contributed by atoms with van der Waals surface area (Å²) >= 11 is 0. The van der Waals surface area contributed by atoms with Crippen LogP contribution in [0.15, 0.2) is 156 Å². The highest BCUT2D eigenvalue weighted by molar-refractivity contribution is 6.23. The second-order valence-electron chi connectivity index (χ2n) is 12.7. The van der Waals surface area contributed by atoms with Gasteiger partial charge in [0.15, 0.2) is 0 Å². The van der Waals surface area contributed by atoms with Crippen LogP contribution in [0, 0.1) is 0 Å². The van der Waals surface area contributed by atoms with E-state index < -0.39 is 0 Å². The fourth-order valence-corrected chi connectivity index (χ4v) is 8.06. The topological polar surface area (TPSA) is 13.1 Å². The van der Waals surface area contributed by atoms with Crippen molar-refractivity contribution in [2.45, 2.75) is 12.8 Å². The minimum absolute atomic E-state index is 0.928. The second-order valence-corrected chi connectivity index (χ2v) is 12.7. The van der Waals surface area contributed by atoms with Gasteiger partial charge in [-0.25, -0.2) is 0 Å². The smallest absolute Gasteiger partial charge is 0.143 e. The van der Waals surface area contributed by atoms with Gasteiger partial charge in [0.25, 0.3) is 0 Å². The number of fused-ring (bicyclic) bond motifs is 8. The number of benzene rings is 8. The fourth-order valence-electron chi connectivity index (χ4n) is 8.06. The number of rotatable bonds is 3. The Labute approximate surface area is 273 Å². The van der Waals surface area contributed by atoms with Gasteiger partial charge < -0.3 is 4.42 Å². The molecule has 0 bridgehead atoms. The Morgan fingerprint density at radius 3 is 2.04 bits per heavy atom. The van der Waals surface area contributed by atoms with Crippen molar-refractivity contribution in [3.63, 3.8) is 0 Å². The zero-order valence-electron chi connectivity index (χ0n) is 25.8. The first-order valence-electron chi connectivity index (χ1n) is 16.5. The maximum Gasteiger partial charge on any atom is 0.143 e. The highest BCUT2D eigenvalue weighted by Crippen LogP contribution is 2.49. The van der Waals surface area contributed by atoms with Crippen LogP contribution in [0.5, 0.6) is 0 Å². The van der Waals surface area contributed by atoms with Crippen molar-refractivity contribution in [2.24, 2.45) is 0 Å². The molecule has 1 heteroatoms. The Balaban J connectivity index is 1.33. The van der Waals surface area contributed by atoms with Crippen LogP contribution in [0.3, 0.4) is 0 Å². The van der Waals surface area contributed by atoms with Gasteiger partial charge in [0.1, 0.15) is 11.2 Å². The van der Waals surface area contributed by atoms with E-state index in [-0.39, 0.29) is 0 Å². The molecule has 0 aliphatic heterocycles. The first-order chi connectivity index (χ1) is 23.3. The molecule has 0 radical (unpaired) electrons. The molecule has 8 aromatic carbocycles. The van der Waals surface area contributed by atoms with Gasteiger partial charge in [-0.1, -0.05) is 133 Å². The summed E-state index contributed by atoms with van der Waals surface area (Å²) < 4.78 is 6.66. The van der Waals surface area contributed by atoms with Crippen molar-refractivity contribution in [3.05, 3.63) is 163 Å². The molecule has 0 N–H and O–H groups in total. The van der Waals surface area contributed by atoms with Crippen LogP contribution in [0.25, 0.3) is 93.7 Å². The van der Waals surface area contributed by atoms with Crippen molar-refractivity contribution in [3.8, 4) is 33.4 Å². The van der Waals surface area contributed by atoms with Gasteiger partial charge in [-0.3, -0.25) is 0 Å². The Morgan fingerprint density at radius 2 is 1.19 bits per heavy atom. The third kappa shape index (κ3) is 3.96. The summed E-state index contributed by atoms with van der Waals surface area (Å²) in [5.74, 6) is 0. The Kier molecular flexibility index (Phi) is 5.77. The first-order valence-corrected chi connectivity index (χ1v) is 16.5. The lowest BCUT2D eigenvalue weighted by molar-refractivity contribution is 0.673. The average Bonchev–Trinajstić information content (AvgIpc) is 3.54. The van der Waals surface area contributed by atoms with Gasteiger partial charge in [-0.2, -0.15) is 0 Å². The number of furan rings is 1. The molecule has 0 unspecified atom stereocenters. The van der Waals surface area contributed by atoms with E-state index in [2.05, 4.69) is 158 Å². The van der Waals surface area contributed by atoms with E-state index in [0.717, 1.165) is 34.8 Å². The molecule has 0 saturated carbocycles.